The number of methoxy groups -OCH3 is 1. The molecule has 8 heteroatoms. The van der Waals surface area contributed by atoms with Crippen molar-refractivity contribution in [1.82, 2.24) is 0 Å². The molecule has 2 unspecified atom stereocenters. The molecule has 2 atom stereocenters. The molecule has 0 heterocycles. The lowest BCUT2D eigenvalue weighted by Crippen LogP contribution is -2.22. The Hall–Kier alpha value is -2.32. The maximum Gasteiger partial charge on any atom is 0.341 e. The van der Waals surface area contributed by atoms with E-state index in [0.29, 0.717) is 25.0 Å². The highest BCUT2D eigenvalue weighted by molar-refractivity contribution is 5.98. The summed E-state index contributed by atoms with van der Waals surface area (Å²) < 4.78 is 27.9. The molecule has 0 radical (unpaired) electrons. The third-order valence-electron chi connectivity index (χ3n) is 4.86. The molecule has 1 aromatic rings. The normalized spacial score (nSPS) is 13.1. The molecule has 0 amide bonds. The number of rotatable bonds is 16. The predicted molar refractivity (Wildman–Crippen MR) is 125 cm³/mol. The molecule has 8 nitrogen and oxygen atoms in total. The lowest BCUT2D eigenvalue weighted by Gasteiger charge is -2.19. The molecule has 0 aliphatic carbocycles. The van der Waals surface area contributed by atoms with Crippen LogP contribution in [0.25, 0.3) is 0 Å². The van der Waals surface area contributed by atoms with Gasteiger partial charge in [0.2, 0.25) is 0 Å². The summed E-state index contributed by atoms with van der Waals surface area (Å²) in [5.41, 5.74) is -0.142. The van der Waals surface area contributed by atoms with Crippen molar-refractivity contribution in [2.45, 2.75) is 66.6 Å². The van der Waals surface area contributed by atoms with E-state index in [1.54, 1.807) is 0 Å². The number of hydrogen-bond acceptors (Lipinski definition) is 7. The predicted octanol–water partition coefficient (Wildman–Crippen LogP) is 4.83. The Morgan fingerprint density at radius 3 is 1.64 bits per heavy atom. The van der Waals surface area contributed by atoms with Gasteiger partial charge in [-0.05, 0) is 44.6 Å². The molecule has 1 N–H and O–H groups in total. The Kier molecular flexibility index (Phi) is 12.8. The first kappa shape index (κ1) is 28.7. The number of carboxylic acids is 1. The third kappa shape index (κ3) is 10.9. The highest BCUT2D eigenvalue weighted by atomic mass is 16.5. The molecule has 1 rings (SSSR count). The Morgan fingerprint density at radius 1 is 0.788 bits per heavy atom. The second-order valence-corrected chi connectivity index (χ2v) is 8.99. The van der Waals surface area contributed by atoms with E-state index in [-0.39, 0.29) is 48.0 Å². The summed E-state index contributed by atoms with van der Waals surface area (Å²) in [7, 11) is 1.23. The van der Waals surface area contributed by atoms with Gasteiger partial charge in [-0.2, -0.15) is 0 Å². The summed E-state index contributed by atoms with van der Waals surface area (Å²) in [4.78, 5) is 24.1. The van der Waals surface area contributed by atoms with Crippen LogP contribution in [0.1, 0.15) is 75.1 Å². The number of carbonyl (C=O) groups is 2. The van der Waals surface area contributed by atoms with Crippen LogP contribution in [0.2, 0.25) is 0 Å². The molecule has 0 aromatic heterocycles. The van der Waals surface area contributed by atoms with Crippen LogP contribution in [-0.2, 0) is 14.2 Å². The molecular weight excluding hydrogens is 428 g/mol. The minimum Gasteiger partial charge on any atom is -0.490 e. The molecule has 188 valence electrons. The average molecular weight is 469 g/mol. The maximum absolute atomic E-state index is 12.3. The van der Waals surface area contributed by atoms with Crippen molar-refractivity contribution in [2.75, 3.05) is 33.5 Å². The van der Waals surface area contributed by atoms with Gasteiger partial charge in [0.1, 0.15) is 35.8 Å². The summed E-state index contributed by atoms with van der Waals surface area (Å²) >= 11 is 0. The van der Waals surface area contributed by atoms with E-state index in [1.807, 2.05) is 13.8 Å². The number of benzene rings is 1. The lowest BCUT2D eigenvalue weighted by atomic mass is 10.1. The molecule has 0 fully saturated rings. The number of carbonyl (C=O) groups excluding carboxylic acids is 1. The van der Waals surface area contributed by atoms with Crippen molar-refractivity contribution in [2.24, 2.45) is 11.8 Å². The molecule has 0 bridgehead atoms. The maximum atomic E-state index is 12.3. The fraction of sp³-hybridized carbons (Fsp3) is 0.680. The molecule has 0 spiro atoms. The van der Waals surface area contributed by atoms with Crippen molar-refractivity contribution < 1.29 is 38.4 Å². The fourth-order valence-corrected chi connectivity index (χ4v) is 2.76. The summed E-state index contributed by atoms with van der Waals surface area (Å²) in [5.74, 6) is -0.589. The Bertz CT molecular complexity index is 744. The fourth-order valence-electron chi connectivity index (χ4n) is 2.76. The highest BCUT2D eigenvalue weighted by Gasteiger charge is 2.23. The van der Waals surface area contributed by atoms with E-state index in [2.05, 4.69) is 27.7 Å². The molecule has 0 aliphatic heterocycles. The van der Waals surface area contributed by atoms with Gasteiger partial charge in [-0.25, -0.2) is 9.59 Å². The van der Waals surface area contributed by atoms with E-state index >= 15 is 0 Å². The van der Waals surface area contributed by atoms with Crippen molar-refractivity contribution in [3.8, 4) is 11.5 Å². The Morgan fingerprint density at radius 2 is 1.24 bits per heavy atom. The topological polar surface area (TPSA) is 101 Å². The molecule has 1 aromatic carbocycles. The first-order valence-corrected chi connectivity index (χ1v) is 11.5. The lowest BCUT2D eigenvalue weighted by molar-refractivity contribution is 0.0244. The SMILES string of the molecule is COC(=O)c1cc(C(=O)O)c(OCC(C)OCCC(C)C)cc1OCC(C)OCCC(C)C. The number of esters is 1. The molecule has 33 heavy (non-hydrogen) atoms. The number of carboxylic acid groups (broad SMARTS) is 1. The number of hydrogen-bond donors (Lipinski definition) is 1. The van der Waals surface area contributed by atoms with Gasteiger partial charge in [-0.15, -0.1) is 0 Å². The first-order chi connectivity index (χ1) is 15.5. The average Bonchev–Trinajstić information content (AvgIpc) is 2.74. The molecular formula is C25H40O8. The van der Waals surface area contributed by atoms with Gasteiger partial charge in [0.15, 0.2) is 0 Å². The van der Waals surface area contributed by atoms with Gasteiger partial charge in [0, 0.05) is 19.3 Å². The van der Waals surface area contributed by atoms with Gasteiger partial charge < -0.3 is 28.8 Å². The van der Waals surface area contributed by atoms with Crippen LogP contribution >= 0.6 is 0 Å². The van der Waals surface area contributed by atoms with E-state index in [1.165, 1.54) is 19.2 Å². The van der Waals surface area contributed by atoms with Crippen LogP contribution in [0.4, 0.5) is 0 Å². The third-order valence-corrected chi connectivity index (χ3v) is 4.86. The number of aromatic carboxylic acids is 1. The van der Waals surface area contributed by atoms with Crippen LogP contribution in [-0.4, -0.2) is 62.8 Å². The van der Waals surface area contributed by atoms with Crippen molar-refractivity contribution in [3.63, 3.8) is 0 Å². The smallest absolute Gasteiger partial charge is 0.341 e. The van der Waals surface area contributed by atoms with Gasteiger partial charge in [0.25, 0.3) is 0 Å². The van der Waals surface area contributed by atoms with Gasteiger partial charge >= 0.3 is 11.9 Å². The largest absolute Gasteiger partial charge is 0.490 e. The second kappa shape index (κ2) is 14.8. The van der Waals surface area contributed by atoms with Crippen molar-refractivity contribution in [3.05, 3.63) is 23.3 Å². The van der Waals surface area contributed by atoms with Gasteiger partial charge in [0.05, 0.1) is 19.3 Å². The first-order valence-electron chi connectivity index (χ1n) is 11.5. The summed E-state index contributed by atoms with van der Waals surface area (Å²) in [6.07, 6.45) is 1.41. The zero-order chi connectivity index (χ0) is 25.0. The minimum atomic E-state index is -1.22. The highest BCUT2D eigenvalue weighted by Crippen LogP contribution is 2.31. The number of ether oxygens (including phenoxy) is 5. The second-order valence-electron chi connectivity index (χ2n) is 8.99. The molecule has 0 aliphatic rings. The van der Waals surface area contributed by atoms with Crippen LogP contribution in [0.15, 0.2) is 12.1 Å². The van der Waals surface area contributed by atoms with E-state index in [9.17, 15) is 14.7 Å². The zero-order valence-electron chi connectivity index (χ0n) is 21.0. The molecule has 0 saturated heterocycles. The van der Waals surface area contributed by atoms with Crippen molar-refractivity contribution >= 4 is 11.9 Å². The van der Waals surface area contributed by atoms with Crippen LogP contribution in [0.5, 0.6) is 11.5 Å². The Balaban J connectivity index is 2.97. The van der Waals surface area contributed by atoms with Crippen LogP contribution in [0, 0.1) is 11.8 Å². The van der Waals surface area contributed by atoms with Gasteiger partial charge in [-0.3, -0.25) is 0 Å². The van der Waals surface area contributed by atoms with Gasteiger partial charge in [-0.1, -0.05) is 27.7 Å². The quantitative estimate of drug-likeness (QED) is 0.344. The van der Waals surface area contributed by atoms with Crippen LogP contribution < -0.4 is 9.47 Å². The Labute approximate surface area is 197 Å². The van der Waals surface area contributed by atoms with Crippen LogP contribution in [0.3, 0.4) is 0 Å². The van der Waals surface area contributed by atoms with E-state index in [4.69, 9.17) is 23.7 Å². The summed E-state index contributed by atoms with van der Waals surface area (Å²) in [6.45, 7) is 13.7. The summed E-state index contributed by atoms with van der Waals surface area (Å²) in [5, 5.41) is 9.64. The molecule has 0 saturated carbocycles. The standard InChI is InChI=1S/C25H40O8/c1-16(2)8-10-30-18(5)14-32-22-13-23(33-15-19(6)31-11-9-17(3)4)21(25(28)29-7)12-20(22)24(26)27/h12-13,16-19H,8-11,14-15H2,1-7H3,(H,26,27). The van der Waals surface area contributed by atoms with E-state index in [0.717, 1.165) is 12.8 Å². The zero-order valence-corrected chi connectivity index (χ0v) is 21.0. The minimum absolute atomic E-state index is 0.0119. The monoisotopic (exact) mass is 468 g/mol. The summed E-state index contributed by atoms with van der Waals surface area (Å²) in [6, 6.07) is 2.63. The van der Waals surface area contributed by atoms with E-state index < -0.39 is 11.9 Å². The van der Waals surface area contributed by atoms with Crippen molar-refractivity contribution in [1.29, 1.82) is 0 Å².